The zero-order valence-corrected chi connectivity index (χ0v) is 17.6. The summed E-state index contributed by atoms with van der Waals surface area (Å²) in [7, 11) is 3.65. The third-order valence-electron chi connectivity index (χ3n) is 4.45. The molecule has 0 saturated heterocycles. The molecule has 9 nitrogen and oxygen atoms in total. The van der Waals surface area contributed by atoms with Crippen LogP contribution in [0.1, 0.15) is 30.8 Å². The smallest absolute Gasteiger partial charge is 0.345 e. The van der Waals surface area contributed by atoms with Gasteiger partial charge in [-0.15, -0.1) is 24.0 Å². The predicted octanol–water partition coefficient (Wildman–Crippen LogP) is 0.488. The second kappa shape index (κ2) is 9.74. The molecule has 0 unspecified atom stereocenters. The third-order valence-corrected chi connectivity index (χ3v) is 4.45. The van der Waals surface area contributed by atoms with Gasteiger partial charge in [0.15, 0.2) is 5.96 Å². The molecule has 0 spiro atoms. The standard InChI is InChI=1S/C16H26N8O.HI/c1-17-15(19-12-13-7-9-20-22(13)2)18-8-5-11-24-16(25)23-10-4-3-6-14(23)21-24;/h7,9H,3-6,8,10-12H2,1-2H3,(H2,17,18,19);1H. The number of aryl methyl sites for hydroxylation is 3. The first kappa shape index (κ1) is 20.5. The van der Waals surface area contributed by atoms with Gasteiger partial charge >= 0.3 is 5.69 Å². The second-order valence-electron chi connectivity index (χ2n) is 6.18. The molecule has 0 radical (unpaired) electrons. The van der Waals surface area contributed by atoms with Gasteiger partial charge in [0.1, 0.15) is 5.82 Å². The molecule has 0 fully saturated rings. The van der Waals surface area contributed by atoms with Gasteiger partial charge in [0, 0.05) is 46.3 Å². The van der Waals surface area contributed by atoms with Crippen LogP contribution in [-0.4, -0.2) is 43.7 Å². The van der Waals surface area contributed by atoms with E-state index in [-0.39, 0.29) is 29.7 Å². The van der Waals surface area contributed by atoms with Gasteiger partial charge in [-0.2, -0.15) is 10.2 Å². The summed E-state index contributed by atoms with van der Waals surface area (Å²) in [5.41, 5.74) is 1.10. The maximum absolute atomic E-state index is 12.3. The molecule has 1 aliphatic heterocycles. The molecule has 3 heterocycles. The molecule has 2 N–H and O–H groups in total. The normalized spacial score (nSPS) is 13.8. The van der Waals surface area contributed by atoms with E-state index in [2.05, 4.69) is 25.8 Å². The quantitative estimate of drug-likeness (QED) is 0.275. The molecule has 0 amide bonds. The number of hydrogen-bond acceptors (Lipinski definition) is 4. The van der Waals surface area contributed by atoms with Crippen LogP contribution in [0.4, 0.5) is 0 Å². The van der Waals surface area contributed by atoms with Crippen LogP contribution in [0.3, 0.4) is 0 Å². The van der Waals surface area contributed by atoms with Crippen molar-refractivity contribution in [1.29, 1.82) is 0 Å². The molecule has 0 bridgehead atoms. The number of hydrogen-bond donors (Lipinski definition) is 2. The van der Waals surface area contributed by atoms with Crippen molar-refractivity contribution in [2.24, 2.45) is 12.0 Å². The van der Waals surface area contributed by atoms with E-state index in [4.69, 9.17) is 0 Å². The van der Waals surface area contributed by atoms with Crippen LogP contribution >= 0.6 is 24.0 Å². The maximum Gasteiger partial charge on any atom is 0.345 e. The molecule has 0 atom stereocenters. The topological polar surface area (TPSA) is 94.1 Å². The summed E-state index contributed by atoms with van der Waals surface area (Å²) in [6, 6.07) is 1.97. The molecule has 0 aromatic carbocycles. The van der Waals surface area contributed by atoms with Crippen LogP contribution in [-0.2, 0) is 33.1 Å². The zero-order chi connectivity index (χ0) is 17.6. The molecule has 10 heteroatoms. The van der Waals surface area contributed by atoms with Gasteiger partial charge in [-0.3, -0.25) is 14.2 Å². The number of halogens is 1. The Balaban J connectivity index is 0.00000243. The highest BCUT2D eigenvalue weighted by atomic mass is 127. The third kappa shape index (κ3) is 4.86. The molecule has 1 aliphatic rings. The van der Waals surface area contributed by atoms with Crippen molar-refractivity contribution in [1.82, 2.24) is 34.8 Å². The number of rotatable bonds is 6. The van der Waals surface area contributed by atoms with Gasteiger partial charge in [-0.25, -0.2) is 9.48 Å². The zero-order valence-electron chi connectivity index (χ0n) is 15.3. The summed E-state index contributed by atoms with van der Waals surface area (Å²) < 4.78 is 5.23. The number of nitrogens with zero attached hydrogens (tertiary/aromatic N) is 6. The van der Waals surface area contributed by atoms with Crippen molar-refractivity contribution in [2.45, 2.75) is 45.3 Å². The Kier molecular flexibility index (Phi) is 7.66. The van der Waals surface area contributed by atoms with Crippen molar-refractivity contribution in [3.05, 3.63) is 34.3 Å². The minimum absolute atomic E-state index is 0. The van der Waals surface area contributed by atoms with E-state index < -0.39 is 0 Å². The highest BCUT2D eigenvalue weighted by molar-refractivity contribution is 14.0. The highest BCUT2D eigenvalue weighted by Crippen LogP contribution is 2.09. The van der Waals surface area contributed by atoms with Crippen LogP contribution < -0.4 is 16.3 Å². The Morgan fingerprint density at radius 1 is 1.35 bits per heavy atom. The molecule has 2 aromatic heterocycles. The van der Waals surface area contributed by atoms with Gasteiger partial charge in [-0.05, 0) is 25.3 Å². The molecular formula is C16H27IN8O. The Morgan fingerprint density at radius 2 is 2.19 bits per heavy atom. The molecule has 26 heavy (non-hydrogen) atoms. The van der Waals surface area contributed by atoms with E-state index in [9.17, 15) is 4.79 Å². The molecule has 0 saturated carbocycles. The number of fused-ring (bicyclic) bond motifs is 1. The van der Waals surface area contributed by atoms with E-state index in [1.165, 1.54) is 0 Å². The average Bonchev–Trinajstić information content (AvgIpc) is 3.18. The molecular weight excluding hydrogens is 447 g/mol. The van der Waals surface area contributed by atoms with Crippen molar-refractivity contribution in [2.75, 3.05) is 13.6 Å². The number of aromatic nitrogens is 5. The maximum atomic E-state index is 12.3. The monoisotopic (exact) mass is 474 g/mol. The average molecular weight is 474 g/mol. The van der Waals surface area contributed by atoms with Gasteiger partial charge in [0.25, 0.3) is 0 Å². The summed E-state index contributed by atoms with van der Waals surface area (Å²) in [5.74, 6) is 1.66. The Morgan fingerprint density at radius 3 is 2.88 bits per heavy atom. The summed E-state index contributed by atoms with van der Waals surface area (Å²) in [5, 5.41) is 15.1. The van der Waals surface area contributed by atoms with Crippen molar-refractivity contribution < 1.29 is 0 Å². The van der Waals surface area contributed by atoms with Gasteiger partial charge < -0.3 is 10.6 Å². The Bertz CT molecular complexity index is 791. The van der Waals surface area contributed by atoms with E-state index >= 15 is 0 Å². The molecule has 0 aliphatic carbocycles. The predicted molar refractivity (Wildman–Crippen MR) is 111 cm³/mol. The fourth-order valence-corrected chi connectivity index (χ4v) is 3.00. The van der Waals surface area contributed by atoms with Crippen LogP contribution in [0.5, 0.6) is 0 Å². The molecule has 2 aromatic rings. The lowest BCUT2D eigenvalue weighted by molar-refractivity contribution is 0.509. The van der Waals surface area contributed by atoms with E-state index in [0.29, 0.717) is 13.1 Å². The first-order valence-corrected chi connectivity index (χ1v) is 8.77. The number of nitrogens with one attached hydrogen (secondary N) is 2. The van der Waals surface area contributed by atoms with Crippen molar-refractivity contribution in [3.8, 4) is 0 Å². The van der Waals surface area contributed by atoms with E-state index in [1.807, 2.05) is 22.4 Å². The lowest BCUT2D eigenvalue weighted by Gasteiger charge is -2.11. The molecule has 144 valence electrons. The van der Waals surface area contributed by atoms with Gasteiger partial charge in [0.2, 0.25) is 0 Å². The van der Waals surface area contributed by atoms with Crippen LogP contribution in [0.15, 0.2) is 22.1 Å². The highest BCUT2D eigenvalue weighted by Gasteiger charge is 2.16. The summed E-state index contributed by atoms with van der Waals surface area (Å²) in [4.78, 5) is 16.5. The van der Waals surface area contributed by atoms with Crippen LogP contribution in [0.2, 0.25) is 0 Å². The lowest BCUT2D eigenvalue weighted by Crippen LogP contribution is -2.38. The van der Waals surface area contributed by atoms with Crippen LogP contribution in [0, 0.1) is 0 Å². The minimum Gasteiger partial charge on any atom is -0.356 e. The van der Waals surface area contributed by atoms with Gasteiger partial charge in [-0.1, -0.05) is 0 Å². The fraction of sp³-hybridized carbons (Fsp3) is 0.625. The van der Waals surface area contributed by atoms with Crippen LogP contribution in [0.25, 0.3) is 0 Å². The van der Waals surface area contributed by atoms with Crippen molar-refractivity contribution >= 4 is 29.9 Å². The first-order valence-electron chi connectivity index (χ1n) is 8.77. The van der Waals surface area contributed by atoms with Gasteiger partial charge in [0.05, 0.1) is 12.2 Å². The SMILES string of the molecule is CN=C(NCCCn1nc2n(c1=O)CCCC2)NCc1ccnn1C.I. The Hall–Kier alpha value is -1.85. The molecule has 3 rings (SSSR count). The minimum atomic E-state index is 0. The summed E-state index contributed by atoms with van der Waals surface area (Å²) in [6.45, 7) is 2.80. The van der Waals surface area contributed by atoms with Crippen molar-refractivity contribution in [3.63, 3.8) is 0 Å². The van der Waals surface area contributed by atoms with E-state index in [1.54, 1.807) is 17.9 Å². The number of guanidine groups is 1. The summed E-state index contributed by atoms with van der Waals surface area (Å²) >= 11 is 0. The summed E-state index contributed by atoms with van der Waals surface area (Å²) in [6.07, 6.45) is 5.68. The largest absolute Gasteiger partial charge is 0.356 e. The first-order chi connectivity index (χ1) is 12.2. The van der Waals surface area contributed by atoms with E-state index in [0.717, 1.165) is 56.3 Å². The number of aliphatic imine (C=N–C) groups is 1. The Labute approximate surface area is 169 Å². The fourth-order valence-electron chi connectivity index (χ4n) is 3.00. The second-order valence-corrected chi connectivity index (χ2v) is 6.18. The lowest BCUT2D eigenvalue weighted by atomic mass is 10.2.